The van der Waals surface area contributed by atoms with E-state index in [2.05, 4.69) is 12.1 Å². The minimum atomic E-state index is 0.748. The summed E-state index contributed by atoms with van der Waals surface area (Å²) >= 11 is 11.9. The van der Waals surface area contributed by atoms with Gasteiger partial charge in [-0.3, -0.25) is 0 Å². The van der Waals surface area contributed by atoms with Crippen molar-refractivity contribution in [2.24, 2.45) is 0 Å². The Bertz CT molecular complexity index is 649. The van der Waals surface area contributed by atoms with Gasteiger partial charge in [0.2, 0.25) is 0 Å². The Balaban J connectivity index is 2.13. The van der Waals surface area contributed by atoms with Gasteiger partial charge in [0.05, 0.1) is 0 Å². The number of rotatable bonds is 2. The molecule has 3 aromatic carbocycles. The molecule has 0 spiro atoms. The quantitative estimate of drug-likeness (QED) is 0.519. The second kappa shape index (κ2) is 5.70. The van der Waals surface area contributed by atoms with Crippen LogP contribution in [0.2, 0.25) is 10.0 Å². The predicted octanol–water partition coefficient (Wildman–Crippen LogP) is 6.33. The Kier molecular flexibility index (Phi) is 3.77. The van der Waals surface area contributed by atoms with Crippen molar-refractivity contribution in [1.29, 1.82) is 0 Å². The molecule has 0 aromatic heterocycles. The van der Waals surface area contributed by atoms with Crippen LogP contribution in [0, 0.1) is 0 Å². The topological polar surface area (TPSA) is 0 Å². The zero-order valence-electron chi connectivity index (χ0n) is 10.7. The molecule has 0 aliphatic rings. The van der Waals surface area contributed by atoms with Crippen LogP contribution in [0.1, 0.15) is 0 Å². The van der Waals surface area contributed by atoms with Crippen LogP contribution in [0.5, 0.6) is 0 Å². The Morgan fingerprint density at radius 3 is 1.15 bits per heavy atom. The fraction of sp³-hybridized carbons (Fsp3) is 0. The van der Waals surface area contributed by atoms with Crippen LogP contribution in [0.4, 0.5) is 0 Å². The Hall–Kier alpha value is -1.76. The molecular formula is C18H12Cl2. The van der Waals surface area contributed by atoms with E-state index in [1.807, 2.05) is 60.7 Å². The SMILES string of the molecule is Clc1ccc(-c2ccccc2-c2ccc(Cl)cc2)cc1. The first-order valence-corrected chi connectivity index (χ1v) is 7.10. The summed E-state index contributed by atoms with van der Waals surface area (Å²) in [5.74, 6) is 0. The zero-order chi connectivity index (χ0) is 13.9. The van der Waals surface area contributed by atoms with Crippen molar-refractivity contribution in [3.8, 4) is 22.3 Å². The number of benzene rings is 3. The summed E-state index contributed by atoms with van der Waals surface area (Å²) in [5, 5.41) is 1.50. The molecule has 0 aliphatic heterocycles. The van der Waals surface area contributed by atoms with Crippen LogP contribution < -0.4 is 0 Å². The van der Waals surface area contributed by atoms with Gasteiger partial charge >= 0.3 is 0 Å². The summed E-state index contributed by atoms with van der Waals surface area (Å²) in [6.45, 7) is 0. The van der Waals surface area contributed by atoms with Gasteiger partial charge in [0.15, 0.2) is 0 Å². The minimum Gasteiger partial charge on any atom is -0.0843 e. The Morgan fingerprint density at radius 1 is 0.450 bits per heavy atom. The van der Waals surface area contributed by atoms with Crippen molar-refractivity contribution in [2.75, 3.05) is 0 Å². The highest BCUT2D eigenvalue weighted by atomic mass is 35.5. The summed E-state index contributed by atoms with van der Waals surface area (Å²) < 4.78 is 0. The molecule has 3 rings (SSSR count). The molecule has 0 amide bonds. The molecular weight excluding hydrogens is 287 g/mol. The molecule has 0 aliphatic carbocycles. The average molecular weight is 299 g/mol. The van der Waals surface area contributed by atoms with Crippen molar-refractivity contribution < 1.29 is 0 Å². The third-order valence-electron chi connectivity index (χ3n) is 3.24. The fourth-order valence-corrected chi connectivity index (χ4v) is 2.50. The summed E-state index contributed by atoms with van der Waals surface area (Å²) in [6.07, 6.45) is 0. The van der Waals surface area contributed by atoms with Crippen molar-refractivity contribution >= 4 is 23.2 Å². The van der Waals surface area contributed by atoms with E-state index in [4.69, 9.17) is 23.2 Å². The predicted molar refractivity (Wildman–Crippen MR) is 87.3 cm³/mol. The molecule has 98 valence electrons. The maximum Gasteiger partial charge on any atom is 0.0406 e. The van der Waals surface area contributed by atoms with Gasteiger partial charge in [-0.1, -0.05) is 71.7 Å². The molecule has 0 fully saturated rings. The van der Waals surface area contributed by atoms with E-state index in [1.165, 1.54) is 11.1 Å². The largest absolute Gasteiger partial charge is 0.0843 e. The van der Waals surface area contributed by atoms with Gasteiger partial charge < -0.3 is 0 Å². The molecule has 0 saturated carbocycles. The lowest BCUT2D eigenvalue weighted by molar-refractivity contribution is 1.58. The van der Waals surface area contributed by atoms with Crippen LogP contribution in [-0.2, 0) is 0 Å². The standard InChI is InChI=1S/C18H12Cl2/c19-15-9-5-13(6-10-15)17-3-1-2-4-18(17)14-7-11-16(20)12-8-14/h1-12H. The highest BCUT2D eigenvalue weighted by Crippen LogP contribution is 2.32. The van der Waals surface area contributed by atoms with E-state index in [1.54, 1.807) is 0 Å². The number of hydrogen-bond acceptors (Lipinski definition) is 0. The first kappa shape index (κ1) is 13.2. The summed E-state index contributed by atoms with van der Waals surface area (Å²) in [7, 11) is 0. The molecule has 0 saturated heterocycles. The molecule has 0 atom stereocenters. The van der Waals surface area contributed by atoms with Gasteiger partial charge in [-0.25, -0.2) is 0 Å². The third kappa shape index (κ3) is 2.72. The lowest BCUT2D eigenvalue weighted by atomic mass is 9.95. The van der Waals surface area contributed by atoms with Crippen molar-refractivity contribution in [3.63, 3.8) is 0 Å². The molecule has 3 aromatic rings. The second-order valence-corrected chi connectivity index (χ2v) is 5.43. The fourth-order valence-electron chi connectivity index (χ4n) is 2.25. The van der Waals surface area contributed by atoms with Crippen LogP contribution in [0.15, 0.2) is 72.8 Å². The van der Waals surface area contributed by atoms with Crippen molar-refractivity contribution in [3.05, 3.63) is 82.8 Å². The smallest absolute Gasteiger partial charge is 0.0406 e. The first-order chi connectivity index (χ1) is 9.74. The Labute approximate surface area is 128 Å². The second-order valence-electron chi connectivity index (χ2n) is 4.56. The number of halogens is 2. The summed E-state index contributed by atoms with van der Waals surface area (Å²) in [6, 6.07) is 24.1. The van der Waals surface area contributed by atoms with Crippen LogP contribution >= 0.6 is 23.2 Å². The third-order valence-corrected chi connectivity index (χ3v) is 3.74. The van der Waals surface area contributed by atoms with Crippen molar-refractivity contribution in [1.82, 2.24) is 0 Å². The molecule has 0 nitrogen and oxygen atoms in total. The summed E-state index contributed by atoms with van der Waals surface area (Å²) in [4.78, 5) is 0. The van der Waals surface area contributed by atoms with Gasteiger partial charge in [-0.15, -0.1) is 0 Å². The van der Waals surface area contributed by atoms with Gasteiger partial charge in [-0.05, 0) is 46.5 Å². The van der Waals surface area contributed by atoms with Gasteiger partial charge in [0, 0.05) is 10.0 Å². The lowest BCUT2D eigenvalue weighted by Gasteiger charge is -2.10. The van der Waals surface area contributed by atoms with E-state index in [9.17, 15) is 0 Å². The monoisotopic (exact) mass is 298 g/mol. The normalized spacial score (nSPS) is 10.5. The van der Waals surface area contributed by atoms with Gasteiger partial charge in [-0.2, -0.15) is 0 Å². The van der Waals surface area contributed by atoms with E-state index >= 15 is 0 Å². The average Bonchev–Trinajstić information content (AvgIpc) is 2.49. The molecule has 2 heteroatoms. The molecule has 0 N–H and O–H groups in total. The molecule has 0 heterocycles. The summed E-state index contributed by atoms with van der Waals surface area (Å²) in [5.41, 5.74) is 4.68. The van der Waals surface area contributed by atoms with E-state index in [0.717, 1.165) is 21.2 Å². The van der Waals surface area contributed by atoms with Gasteiger partial charge in [0.25, 0.3) is 0 Å². The zero-order valence-corrected chi connectivity index (χ0v) is 12.2. The molecule has 0 unspecified atom stereocenters. The lowest BCUT2D eigenvalue weighted by Crippen LogP contribution is -1.84. The molecule has 20 heavy (non-hydrogen) atoms. The highest BCUT2D eigenvalue weighted by molar-refractivity contribution is 6.31. The maximum absolute atomic E-state index is 5.96. The molecule has 0 bridgehead atoms. The van der Waals surface area contributed by atoms with Crippen LogP contribution in [0.3, 0.4) is 0 Å². The number of hydrogen-bond donors (Lipinski definition) is 0. The van der Waals surface area contributed by atoms with Gasteiger partial charge in [0.1, 0.15) is 0 Å². The minimum absolute atomic E-state index is 0.748. The van der Waals surface area contributed by atoms with E-state index in [-0.39, 0.29) is 0 Å². The first-order valence-electron chi connectivity index (χ1n) is 6.35. The molecule has 0 radical (unpaired) electrons. The van der Waals surface area contributed by atoms with E-state index in [0.29, 0.717) is 0 Å². The van der Waals surface area contributed by atoms with Crippen LogP contribution in [0.25, 0.3) is 22.3 Å². The van der Waals surface area contributed by atoms with Crippen LogP contribution in [-0.4, -0.2) is 0 Å². The Morgan fingerprint density at radius 2 is 0.800 bits per heavy atom. The maximum atomic E-state index is 5.96. The van der Waals surface area contributed by atoms with E-state index < -0.39 is 0 Å². The van der Waals surface area contributed by atoms with Crippen molar-refractivity contribution in [2.45, 2.75) is 0 Å². The highest BCUT2D eigenvalue weighted by Gasteiger charge is 2.06.